The second-order valence-corrected chi connectivity index (χ2v) is 6.32. The molecule has 2 fully saturated rings. The summed E-state index contributed by atoms with van der Waals surface area (Å²) in [5, 5.41) is 3.50. The highest BCUT2D eigenvalue weighted by Crippen LogP contribution is 2.31. The topological polar surface area (TPSA) is 15.3 Å². The number of benzene rings is 1. The summed E-state index contributed by atoms with van der Waals surface area (Å²) in [5.41, 5.74) is 1.03. The number of alkyl halides is 2. The number of likely N-dealkylation sites (tertiary alicyclic amines) is 1. The van der Waals surface area contributed by atoms with Gasteiger partial charge in [-0.05, 0) is 43.5 Å². The van der Waals surface area contributed by atoms with E-state index in [1.807, 2.05) is 12.1 Å². The van der Waals surface area contributed by atoms with Crippen LogP contribution in [0.5, 0.6) is 0 Å². The van der Waals surface area contributed by atoms with Gasteiger partial charge in [0, 0.05) is 35.8 Å². The predicted octanol–water partition coefficient (Wildman–Crippen LogP) is 3.65. The number of halogens is 2. The van der Waals surface area contributed by atoms with Gasteiger partial charge in [-0.1, -0.05) is 11.8 Å². The molecule has 1 unspecified atom stereocenters. The van der Waals surface area contributed by atoms with E-state index in [9.17, 15) is 8.78 Å². The van der Waals surface area contributed by atoms with Crippen molar-refractivity contribution in [3.63, 3.8) is 0 Å². The van der Waals surface area contributed by atoms with Gasteiger partial charge >= 0.3 is 0 Å². The summed E-state index contributed by atoms with van der Waals surface area (Å²) >= 11 is 0.593. The molecule has 0 amide bonds. The average molecular weight is 284 g/mol. The molecule has 19 heavy (non-hydrogen) atoms. The summed E-state index contributed by atoms with van der Waals surface area (Å²) in [4.78, 5) is 3.17. The van der Waals surface area contributed by atoms with E-state index in [0.29, 0.717) is 22.7 Å². The Labute approximate surface area is 116 Å². The van der Waals surface area contributed by atoms with Gasteiger partial charge in [0.25, 0.3) is 5.76 Å². The van der Waals surface area contributed by atoms with Gasteiger partial charge in [0.1, 0.15) is 0 Å². The maximum Gasteiger partial charge on any atom is 0.288 e. The van der Waals surface area contributed by atoms with Crippen molar-refractivity contribution in [1.29, 1.82) is 0 Å². The van der Waals surface area contributed by atoms with E-state index < -0.39 is 5.76 Å². The Bertz CT molecular complexity index is 420. The zero-order valence-corrected chi connectivity index (χ0v) is 11.5. The third kappa shape index (κ3) is 3.60. The molecule has 1 atom stereocenters. The Morgan fingerprint density at radius 1 is 1.16 bits per heavy atom. The van der Waals surface area contributed by atoms with Gasteiger partial charge < -0.3 is 5.32 Å². The van der Waals surface area contributed by atoms with E-state index in [-0.39, 0.29) is 0 Å². The first kappa shape index (κ1) is 13.2. The van der Waals surface area contributed by atoms with Crippen LogP contribution in [0.1, 0.15) is 19.3 Å². The van der Waals surface area contributed by atoms with Crippen molar-refractivity contribution in [2.75, 3.05) is 18.4 Å². The van der Waals surface area contributed by atoms with Crippen LogP contribution < -0.4 is 5.32 Å². The van der Waals surface area contributed by atoms with Crippen molar-refractivity contribution >= 4 is 17.4 Å². The first-order valence-electron chi connectivity index (χ1n) is 6.76. The lowest BCUT2D eigenvalue weighted by atomic mass is 10.2. The summed E-state index contributed by atoms with van der Waals surface area (Å²) in [5.74, 6) is -2.35. The van der Waals surface area contributed by atoms with E-state index in [2.05, 4.69) is 10.2 Å². The number of thioether (sulfide) groups is 1. The molecule has 1 aromatic rings. The molecule has 2 aliphatic rings. The first-order valence-corrected chi connectivity index (χ1v) is 7.64. The number of nitrogens with zero attached hydrogens (tertiary/aromatic N) is 1. The summed E-state index contributed by atoms with van der Waals surface area (Å²) in [6.45, 7) is 2.29. The van der Waals surface area contributed by atoms with E-state index >= 15 is 0 Å². The molecule has 0 bridgehead atoms. The fourth-order valence-electron chi connectivity index (χ4n) is 2.64. The van der Waals surface area contributed by atoms with Gasteiger partial charge in [0.05, 0.1) is 0 Å². The van der Waals surface area contributed by atoms with Crippen molar-refractivity contribution in [3.8, 4) is 0 Å². The molecule has 1 saturated heterocycles. The fraction of sp³-hybridized carbons (Fsp3) is 0.571. The van der Waals surface area contributed by atoms with E-state index in [0.717, 1.165) is 18.3 Å². The van der Waals surface area contributed by atoms with E-state index in [4.69, 9.17) is 0 Å². The molecular formula is C14H18F2N2S. The summed E-state index contributed by atoms with van der Waals surface area (Å²) in [6.07, 6.45) is 3.88. The van der Waals surface area contributed by atoms with Crippen molar-refractivity contribution in [2.24, 2.45) is 0 Å². The average Bonchev–Trinajstić information content (AvgIpc) is 3.12. The van der Waals surface area contributed by atoms with Gasteiger partial charge in [0.15, 0.2) is 0 Å². The number of hydrogen-bond donors (Lipinski definition) is 1. The zero-order chi connectivity index (χ0) is 13.2. The highest BCUT2D eigenvalue weighted by atomic mass is 32.2. The predicted molar refractivity (Wildman–Crippen MR) is 74.9 cm³/mol. The molecule has 1 N–H and O–H groups in total. The van der Waals surface area contributed by atoms with Gasteiger partial charge in [-0.3, -0.25) is 4.90 Å². The van der Waals surface area contributed by atoms with Gasteiger partial charge in [-0.15, -0.1) is 0 Å². The Kier molecular flexibility index (Phi) is 3.93. The van der Waals surface area contributed by atoms with Crippen LogP contribution in [0.2, 0.25) is 0 Å². The molecule has 5 heteroatoms. The number of rotatable bonds is 5. The van der Waals surface area contributed by atoms with E-state index in [1.54, 1.807) is 12.1 Å². The molecule has 0 spiro atoms. The summed E-state index contributed by atoms with van der Waals surface area (Å²) < 4.78 is 24.4. The number of hydrogen-bond acceptors (Lipinski definition) is 3. The van der Waals surface area contributed by atoms with Crippen LogP contribution in [-0.4, -0.2) is 35.8 Å². The third-order valence-corrected chi connectivity index (χ3v) is 4.46. The number of nitrogens with one attached hydrogen (secondary N) is 1. The molecule has 2 nitrogen and oxygen atoms in total. The minimum atomic E-state index is -2.35. The summed E-state index contributed by atoms with van der Waals surface area (Å²) in [7, 11) is 0. The van der Waals surface area contributed by atoms with Crippen molar-refractivity contribution in [2.45, 2.75) is 42.0 Å². The van der Waals surface area contributed by atoms with Crippen LogP contribution in [0.25, 0.3) is 0 Å². The molecule has 1 heterocycles. The first-order chi connectivity index (χ1) is 9.20. The molecule has 104 valence electrons. The second kappa shape index (κ2) is 5.67. The van der Waals surface area contributed by atoms with Crippen LogP contribution >= 0.6 is 11.8 Å². The van der Waals surface area contributed by atoms with Crippen molar-refractivity contribution in [3.05, 3.63) is 24.3 Å². The lowest BCUT2D eigenvalue weighted by Gasteiger charge is -2.16. The molecule has 1 aliphatic carbocycles. The molecule has 3 rings (SSSR count). The third-order valence-electron chi connectivity index (χ3n) is 3.73. The quantitative estimate of drug-likeness (QED) is 0.831. The number of anilines is 1. The maximum atomic E-state index is 12.2. The van der Waals surface area contributed by atoms with Gasteiger partial charge in [-0.25, -0.2) is 0 Å². The summed E-state index contributed by atoms with van der Waals surface area (Å²) in [6, 6.07) is 8.62. The van der Waals surface area contributed by atoms with Crippen LogP contribution in [0.4, 0.5) is 14.5 Å². The Morgan fingerprint density at radius 2 is 1.89 bits per heavy atom. The monoisotopic (exact) mass is 284 g/mol. The van der Waals surface area contributed by atoms with Crippen molar-refractivity contribution < 1.29 is 8.78 Å². The smallest absolute Gasteiger partial charge is 0.288 e. The highest BCUT2D eigenvalue weighted by Gasteiger charge is 2.34. The molecule has 1 saturated carbocycles. The minimum absolute atomic E-state index is 0.495. The van der Waals surface area contributed by atoms with Crippen LogP contribution in [-0.2, 0) is 0 Å². The second-order valence-electron chi connectivity index (χ2n) is 5.26. The van der Waals surface area contributed by atoms with Crippen LogP contribution in [0.15, 0.2) is 29.2 Å². The SMILES string of the molecule is FC(F)Sc1ccc(NC2CCN(C3CC3)C2)cc1. The van der Waals surface area contributed by atoms with Crippen LogP contribution in [0, 0.1) is 0 Å². The van der Waals surface area contributed by atoms with E-state index in [1.165, 1.54) is 25.8 Å². The molecule has 0 radical (unpaired) electrons. The zero-order valence-electron chi connectivity index (χ0n) is 10.7. The van der Waals surface area contributed by atoms with Crippen LogP contribution in [0.3, 0.4) is 0 Å². The largest absolute Gasteiger partial charge is 0.381 e. The van der Waals surface area contributed by atoms with Gasteiger partial charge in [-0.2, -0.15) is 8.78 Å². The molecule has 1 aromatic carbocycles. The lowest BCUT2D eigenvalue weighted by molar-refractivity contribution is 0.252. The maximum absolute atomic E-state index is 12.2. The minimum Gasteiger partial charge on any atom is -0.381 e. The Morgan fingerprint density at radius 3 is 2.53 bits per heavy atom. The Hall–Kier alpha value is -0.810. The molecule has 1 aliphatic heterocycles. The standard InChI is InChI=1S/C14H18F2N2S/c15-14(16)19-13-5-1-10(2-6-13)17-11-7-8-18(9-11)12-3-4-12/h1-2,5-6,11-12,14,17H,3-4,7-9H2. The normalized spacial score (nSPS) is 24.1. The highest BCUT2D eigenvalue weighted by molar-refractivity contribution is 7.99. The molecule has 0 aromatic heterocycles. The molecular weight excluding hydrogens is 266 g/mol. The van der Waals surface area contributed by atoms with Crippen molar-refractivity contribution in [1.82, 2.24) is 4.90 Å². The lowest BCUT2D eigenvalue weighted by Crippen LogP contribution is -2.27. The Balaban J connectivity index is 1.52. The fourth-order valence-corrected chi connectivity index (χ4v) is 3.14. The van der Waals surface area contributed by atoms with Gasteiger partial charge in [0.2, 0.25) is 0 Å².